The molecule has 0 N–H and O–H groups in total. The van der Waals surface area contributed by atoms with Gasteiger partial charge in [0.2, 0.25) is 0 Å². The maximum absolute atomic E-state index is 5.95. The molecule has 14 heavy (non-hydrogen) atoms. The van der Waals surface area contributed by atoms with Gasteiger partial charge in [-0.25, -0.2) is 4.98 Å². The molecule has 0 atom stereocenters. The fourth-order valence-corrected chi connectivity index (χ4v) is 1.92. The highest BCUT2D eigenvalue weighted by Crippen LogP contribution is 2.28. The molecule has 0 aliphatic heterocycles. The molecule has 0 saturated heterocycles. The second-order valence-corrected chi connectivity index (χ2v) is 7.93. The molecule has 1 aromatic heterocycles. The van der Waals surface area contributed by atoms with Crippen LogP contribution in [0.1, 0.15) is 40.3 Å². The third-order valence-electron chi connectivity index (χ3n) is 1.92. The van der Waals surface area contributed by atoms with Crippen molar-refractivity contribution in [2.75, 3.05) is 0 Å². The first-order valence-corrected chi connectivity index (χ1v) is 6.12. The van der Waals surface area contributed by atoms with Gasteiger partial charge in [0.25, 0.3) is 0 Å². The van der Waals surface area contributed by atoms with Gasteiger partial charge in [-0.15, -0.1) is 0 Å². The number of hydrogen-bond acceptors (Lipinski definition) is 3. The minimum atomic E-state index is -0.558. The van der Waals surface area contributed by atoms with Gasteiger partial charge in [-0.1, -0.05) is 20.8 Å². The molecule has 0 amide bonds. The second-order valence-electron chi connectivity index (χ2n) is 5.23. The molecule has 3 nitrogen and oxygen atoms in total. The van der Waals surface area contributed by atoms with E-state index in [0.717, 1.165) is 5.69 Å². The normalized spacial score (nSPS) is 14.1. The summed E-state index contributed by atoms with van der Waals surface area (Å²) in [5.74, 6) is 0. The van der Waals surface area contributed by atoms with E-state index in [4.69, 9.17) is 8.84 Å². The van der Waals surface area contributed by atoms with Gasteiger partial charge in [0.15, 0.2) is 16.2 Å². The van der Waals surface area contributed by atoms with E-state index >= 15 is 0 Å². The molecule has 0 unspecified atom stereocenters. The minimum absolute atomic E-state index is 0.307. The average Bonchev–Trinajstić information content (AvgIpc) is 2.52. The third-order valence-corrected chi connectivity index (χ3v) is 3.65. The Kier molecular flexibility index (Phi) is 3.16. The molecule has 1 aromatic rings. The Morgan fingerprint density at radius 2 is 1.93 bits per heavy atom. The molecule has 80 valence electrons. The van der Waals surface area contributed by atoms with Crippen molar-refractivity contribution in [3.63, 3.8) is 0 Å². The van der Waals surface area contributed by atoms with Crippen molar-refractivity contribution in [3.05, 3.63) is 18.4 Å². The van der Waals surface area contributed by atoms with Crippen LogP contribution in [-0.2, 0) is 10.0 Å². The van der Waals surface area contributed by atoms with Crippen molar-refractivity contribution >= 4 is 9.76 Å². The molecular formula is C10H19NO2Si. The minimum Gasteiger partial charge on any atom is -0.451 e. The Balaban J connectivity index is 2.59. The maximum Gasteiger partial charge on any atom is 0.180 e. The van der Waals surface area contributed by atoms with Crippen molar-refractivity contribution < 1.29 is 8.84 Å². The standard InChI is InChI=1S/C10H19NO2Si/c1-9(2,3)14-13-10(4,5)8-6-12-7-11-8/h6-7H,14H2,1-5H3. The molecule has 4 heteroatoms. The summed E-state index contributed by atoms with van der Waals surface area (Å²) in [5, 5.41) is 0.307. The Hall–Kier alpha value is -0.613. The molecule has 0 saturated carbocycles. The zero-order chi connectivity index (χ0) is 10.8. The van der Waals surface area contributed by atoms with Crippen LogP contribution in [0.4, 0.5) is 0 Å². The molecule has 1 heterocycles. The average molecular weight is 213 g/mol. The van der Waals surface area contributed by atoms with Crippen molar-refractivity contribution in [1.29, 1.82) is 0 Å². The highest BCUT2D eigenvalue weighted by molar-refractivity contribution is 6.31. The summed E-state index contributed by atoms with van der Waals surface area (Å²) in [6.45, 7) is 10.7. The van der Waals surface area contributed by atoms with Gasteiger partial charge in [0, 0.05) is 0 Å². The number of hydrogen-bond donors (Lipinski definition) is 0. The fraction of sp³-hybridized carbons (Fsp3) is 0.700. The third kappa shape index (κ3) is 3.27. The van der Waals surface area contributed by atoms with Gasteiger partial charge >= 0.3 is 0 Å². The summed E-state index contributed by atoms with van der Waals surface area (Å²) in [5.41, 5.74) is 0.557. The predicted octanol–water partition coefficient (Wildman–Crippen LogP) is 2.23. The molecule has 0 aromatic carbocycles. The topological polar surface area (TPSA) is 35.3 Å². The van der Waals surface area contributed by atoms with E-state index in [0.29, 0.717) is 5.04 Å². The number of oxazole rings is 1. The van der Waals surface area contributed by atoms with Gasteiger partial charge in [0.05, 0.1) is 5.60 Å². The fourth-order valence-electron chi connectivity index (χ4n) is 0.981. The highest BCUT2D eigenvalue weighted by atomic mass is 28.2. The van der Waals surface area contributed by atoms with E-state index in [-0.39, 0.29) is 5.60 Å². The summed E-state index contributed by atoms with van der Waals surface area (Å²) in [6, 6.07) is 0. The van der Waals surface area contributed by atoms with Crippen molar-refractivity contribution in [2.24, 2.45) is 0 Å². The first-order chi connectivity index (χ1) is 6.31. The molecule has 0 bridgehead atoms. The molecule has 1 rings (SSSR count). The number of rotatable bonds is 3. The van der Waals surface area contributed by atoms with E-state index in [1.165, 1.54) is 6.39 Å². The quantitative estimate of drug-likeness (QED) is 0.722. The second kappa shape index (κ2) is 3.86. The van der Waals surface area contributed by atoms with Crippen molar-refractivity contribution in [3.8, 4) is 0 Å². The predicted molar refractivity (Wildman–Crippen MR) is 58.9 cm³/mol. The largest absolute Gasteiger partial charge is 0.451 e. The van der Waals surface area contributed by atoms with Crippen LogP contribution in [0.2, 0.25) is 5.04 Å². The molecule has 0 aliphatic rings. The van der Waals surface area contributed by atoms with E-state index < -0.39 is 9.76 Å². The van der Waals surface area contributed by atoms with Gasteiger partial charge < -0.3 is 8.84 Å². The van der Waals surface area contributed by atoms with Crippen LogP contribution in [0.25, 0.3) is 0 Å². The number of aromatic nitrogens is 1. The maximum atomic E-state index is 5.95. The lowest BCUT2D eigenvalue weighted by atomic mass is 10.1. The summed E-state index contributed by atoms with van der Waals surface area (Å²) in [4.78, 5) is 4.12. The summed E-state index contributed by atoms with van der Waals surface area (Å²) in [6.07, 6.45) is 3.09. The lowest BCUT2D eigenvalue weighted by Gasteiger charge is -2.28. The van der Waals surface area contributed by atoms with Gasteiger partial charge in [-0.05, 0) is 18.9 Å². The van der Waals surface area contributed by atoms with E-state index in [9.17, 15) is 0 Å². The first kappa shape index (κ1) is 11.5. The summed E-state index contributed by atoms with van der Waals surface area (Å²) < 4.78 is 10.9. The van der Waals surface area contributed by atoms with Crippen LogP contribution in [-0.4, -0.2) is 14.7 Å². The van der Waals surface area contributed by atoms with Crippen LogP contribution in [0.15, 0.2) is 17.1 Å². The van der Waals surface area contributed by atoms with Gasteiger partial charge in [-0.2, -0.15) is 0 Å². The van der Waals surface area contributed by atoms with Crippen LogP contribution >= 0.6 is 0 Å². The van der Waals surface area contributed by atoms with E-state index in [2.05, 4.69) is 25.8 Å². The lowest BCUT2D eigenvalue weighted by molar-refractivity contribution is 0.104. The van der Waals surface area contributed by atoms with Crippen molar-refractivity contribution in [1.82, 2.24) is 4.98 Å². The lowest BCUT2D eigenvalue weighted by Crippen LogP contribution is -2.27. The van der Waals surface area contributed by atoms with Crippen LogP contribution in [0.5, 0.6) is 0 Å². The molecule has 0 aliphatic carbocycles. The highest BCUT2D eigenvalue weighted by Gasteiger charge is 2.26. The zero-order valence-electron chi connectivity index (χ0n) is 9.63. The summed E-state index contributed by atoms with van der Waals surface area (Å²) in [7, 11) is -0.558. The first-order valence-electron chi connectivity index (χ1n) is 4.84. The monoisotopic (exact) mass is 213 g/mol. The Bertz CT molecular complexity index is 275. The SMILES string of the molecule is CC(C)(C)[SiH2]OC(C)(C)c1cocn1. The Morgan fingerprint density at radius 3 is 2.36 bits per heavy atom. The summed E-state index contributed by atoms with van der Waals surface area (Å²) >= 11 is 0. The Labute approximate surface area is 87.8 Å². The molecule has 0 spiro atoms. The molecule has 0 radical (unpaired) electrons. The smallest absolute Gasteiger partial charge is 0.180 e. The Morgan fingerprint density at radius 1 is 1.29 bits per heavy atom. The zero-order valence-corrected chi connectivity index (χ0v) is 11.0. The van der Waals surface area contributed by atoms with Crippen LogP contribution in [0.3, 0.4) is 0 Å². The van der Waals surface area contributed by atoms with Gasteiger partial charge in [-0.3, -0.25) is 0 Å². The molecular weight excluding hydrogens is 194 g/mol. The molecule has 0 fully saturated rings. The number of nitrogens with zero attached hydrogens (tertiary/aromatic N) is 1. The van der Waals surface area contributed by atoms with E-state index in [1.807, 2.05) is 13.8 Å². The van der Waals surface area contributed by atoms with E-state index in [1.54, 1.807) is 6.26 Å². The van der Waals surface area contributed by atoms with Crippen LogP contribution in [0, 0.1) is 0 Å². The van der Waals surface area contributed by atoms with Gasteiger partial charge in [0.1, 0.15) is 12.0 Å². The van der Waals surface area contributed by atoms with Crippen molar-refractivity contribution in [2.45, 2.75) is 45.3 Å². The van der Waals surface area contributed by atoms with Crippen LogP contribution < -0.4 is 0 Å².